The largest absolute Gasteiger partial charge is 0.377 e. The minimum absolute atomic E-state index is 0.0109. The van der Waals surface area contributed by atoms with Crippen molar-refractivity contribution in [2.75, 3.05) is 67.5 Å². The molecule has 5 aromatic carbocycles. The second-order valence-corrected chi connectivity index (χ2v) is 17.5. The Morgan fingerprint density at radius 2 is 1.56 bits per heavy atom. The zero-order chi connectivity index (χ0) is 39.9. The first kappa shape index (κ1) is 40.4. The molecule has 0 amide bonds. The molecule has 0 radical (unpaired) electrons. The summed E-state index contributed by atoms with van der Waals surface area (Å²) in [4.78, 5) is 15.8. The van der Waals surface area contributed by atoms with E-state index in [1.54, 1.807) is 17.8 Å². The summed E-state index contributed by atoms with van der Waals surface area (Å²) in [6.45, 7) is 4.68. The second-order valence-electron chi connectivity index (χ2n) is 14.3. The summed E-state index contributed by atoms with van der Waals surface area (Å²) in [5, 5.41) is 4.17. The molecule has 1 aliphatic heterocycles. The van der Waals surface area contributed by atoms with Crippen molar-refractivity contribution in [1.29, 1.82) is 0 Å². The third-order valence-corrected chi connectivity index (χ3v) is 12.7. The van der Waals surface area contributed by atoms with Crippen LogP contribution in [-0.4, -0.2) is 86.8 Å². The maximum Gasteiger partial charge on any atom is 0.263 e. The number of fused-ring (bicyclic) bond motifs is 1. The Labute approximate surface area is 342 Å². The molecular weight excluding hydrogens is 784 g/mol. The number of benzene rings is 5. The predicted molar refractivity (Wildman–Crippen MR) is 229 cm³/mol. The van der Waals surface area contributed by atoms with Crippen molar-refractivity contribution >= 4 is 61.5 Å². The number of hydrogen-bond acceptors (Lipinski definition) is 9. The Morgan fingerprint density at radius 3 is 2.26 bits per heavy atom. The van der Waals surface area contributed by atoms with E-state index >= 15 is 8.78 Å². The third kappa shape index (κ3) is 10.2. The van der Waals surface area contributed by atoms with Crippen LogP contribution in [0.3, 0.4) is 0 Å². The number of piperazine rings is 1. The minimum atomic E-state index is -4.43. The molecule has 0 aliphatic carbocycles. The van der Waals surface area contributed by atoms with E-state index in [-0.39, 0.29) is 17.5 Å². The first-order valence-corrected chi connectivity index (χ1v) is 21.5. The third-order valence-electron chi connectivity index (χ3n) is 9.93. The molecule has 1 aliphatic rings. The summed E-state index contributed by atoms with van der Waals surface area (Å²) in [6.07, 6.45) is 1.89. The predicted octanol–water partition coefficient (Wildman–Crippen LogP) is 8.88. The molecule has 2 heterocycles. The van der Waals surface area contributed by atoms with Crippen LogP contribution in [-0.2, 0) is 16.6 Å². The molecule has 2 N–H and O–H groups in total. The van der Waals surface area contributed by atoms with Crippen LogP contribution in [0.15, 0.2) is 125 Å². The van der Waals surface area contributed by atoms with Crippen LogP contribution in [0, 0.1) is 11.6 Å². The molecule has 1 saturated heterocycles. The number of hydrogen-bond donors (Lipinski definition) is 2. The summed E-state index contributed by atoms with van der Waals surface area (Å²) in [6, 6.07) is 33.1. The molecule has 1 atom stereocenters. The van der Waals surface area contributed by atoms with Crippen LogP contribution < -0.4 is 14.9 Å². The van der Waals surface area contributed by atoms with Gasteiger partial charge in [0, 0.05) is 65.5 Å². The Morgan fingerprint density at radius 1 is 0.860 bits per heavy atom. The molecule has 7 rings (SSSR count). The van der Waals surface area contributed by atoms with Gasteiger partial charge >= 0.3 is 0 Å². The molecule has 1 aromatic heterocycles. The molecule has 57 heavy (non-hydrogen) atoms. The summed E-state index contributed by atoms with van der Waals surface area (Å²) >= 11 is 7.99. The minimum Gasteiger partial charge on any atom is -0.377 e. The smallest absolute Gasteiger partial charge is 0.263 e. The number of halogens is 3. The lowest BCUT2D eigenvalue weighted by atomic mass is 9.99. The highest BCUT2D eigenvalue weighted by Gasteiger charge is 2.24. The molecular formula is C43H44ClF2N7O2S2. The van der Waals surface area contributed by atoms with E-state index in [4.69, 9.17) is 11.6 Å². The zero-order valence-electron chi connectivity index (χ0n) is 31.7. The number of thioether (sulfide) groups is 1. The van der Waals surface area contributed by atoms with E-state index in [0.29, 0.717) is 34.6 Å². The van der Waals surface area contributed by atoms with Gasteiger partial charge < -0.3 is 15.1 Å². The lowest BCUT2D eigenvalue weighted by molar-refractivity contribution is 0.250. The van der Waals surface area contributed by atoms with E-state index in [1.807, 2.05) is 91.8 Å². The maximum absolute atomic E-state index is 15.6. The quantitative estimate of drug-likeness (QED) is 0.0986. The zero-order valence-corrected chi connectivity index (χ0v) is 34.1. The van der Waals surface area contributed by atoms with Crippen molar-refractivity contribution in [2.45, 2.75) is 28.8 Å². The van der Waals surface area contributed by atoms with Crippen LogP contribution in [0.25, 0.3) is 22.0 Å². The van der Waals surface area contributed by atoms with E-state index in [1.165, 1.54) is 17.5 Å². The molecule has 1 fully saturated rings. The first-order chi connectivity index (χ1) is 27.5. The van der Waals surface area contributed by atoms with Gasteiger partial charge in [-0.3, -0.25) is 9.62 Å². The van der Waals surface area contributed by atoms with Gasteiger partial charge in [-0.15, -0.1) is 11.8 Å². The number of nitrogens with zero attached hydrogens (tertiary/aromatic N) is 5. The fourth-order valence-corrected chi connectivity index (χ4v) is 9.12. The molecule has 0 bridgehead atoms. The average Bonchev–Trinajstić information content (AvgIpc) is 3.20. The molecule has 0 unspecified atom stereocenters. The number of nitrogens with one attached hydrogen (secondary N) is 2. The van der Waals surface area contributed by atoms with Crippen LogP contribution >= 0.6 is 23.4 Å². The Hall–Kier alpha value is -4.79. The molecule has 9 nitrogen and oxygen atoms in total. The van der Waals surface area contributed by atoms with Crippen LogP contribution in [0.4, 0.5) is 26.0 Å². The second kappa shape index (κ2) is 18.2. The number of rotatable bonds is 15. The average molecular weight is 828 g/mol. The molecule has 6 aromatic rings. The molecule has 0 spiro atoms. The van der Waals surface area contributed by atoms with Gasteiger partial charge in [0.2, 0.25) is 0 Å². The van der Waals surface area contributed by atoms with Crippen LogP contribution in [0.1, 0.15) is 12.0 Å². The fourth-order valence-electron chi connectivity index (χ4n) is 6.88. The summed E-state index contributed by atoms with van der Waals surface area (Å²) in [5.74, 6) is -1.44. The van der Waals surface area contributed by atoms with Gasteiger partial charge in [-0.1, -0.05) is 66.2 Å². The lowest BCUT2D eigenvalue weighted by Gasteiger charge is -2.36. The van der Waals surface area contributed by atoms with Crippen molar-refractivity contribution in [3.05, 3.63) is 138 Å². The summed E-state index contributed by atoms with van der Waals surface area (Å²) < 4.78 is 60.7. The van der Waals surface area contributed by atoms with Crippen molar-refractivity contribution in [1.82, 2.24) is 19.8 Å². The highest BCUT2D eigenvalue weighted by atomic mass is 35.5. The monoisotopic (exact) mass is 827 g/mol. The topological polar surface area (TPSA) is 93.7 Å². The molecule has 0 saturated carbocycles. The SMILES string of the molecule is CN(C)CC[C@H](CSc1ccccc1)Nc1c(F)cc(S(=O)(=O)Nc2ncnc3cc(N4CCN(Cc5cc(Cl)ccc5-c5ccccc5)CC4)ccc23)cc1F. The van der Waals surface area contributed by atoms with E-state index in [9.17, 15) is 8.42 Å². The van der Waals surface area contributed by atoms with Crippen LogP contribution in [0.5, 0.6) is 0 Å². The van der Waals surface area contributed by atoms with Gasteiger partial charge in [-0.2, -0.15) is 0 Å². The van der Waals surface area contributed by atoms with Crippen LogP contribution in [0.2, 0.25) is 5.02 Å². The van der Waals surface area contributed by atoms with Gasteiger partial charge in [0.25, 0.3) is 10.0 Å². The van der Waals surface area contributed by atoms with E-state index in [0.717, 1.165) is 61.0 Å². The van der Waals surface area contributed by atoms with Crippen molar-refractivity contribution < 1.29 is 17.2 Å². The van der Waals surface area contributed by atoms with Gasteiger partial charge in [0.1, 0.15) is 12.0 Å². The first-order valence-electron chi connectivity index (χ1n) is 18.7. The fraction of sp³-hybridized carbons (Fsp3) is 0.256. The lowest BCUT2D eigenvalue weighted by Crippen LogP contribution is -2.46. The highest BCUT2D eigenvalue weighted by molar-refractivity contribution is 7.99. The molecule has 296 valence electrons. The van der Waals surface area contributed by atoms with Gasteiger partial charge in [0.05, 0.1) is 10.4 Å². The Kier molecular flexibility index (Phi) is 12.9. The Bertz CT molecular complexity index is 2400. The highest BCUT2D eigenvalue weighted by Crippen LogP contribution is 2.32. The van der Waals surface area contributed by atoms with Gasteiger partial charge in [0.15, 0.2) is 17.5 Å². The number of anilines is 3. The van der Waals surface area contributed by atoms with E-state index in [2.05, 4.69) is 48.0 Å². The van der Waals surface area contributed by atoms with Gasteiger partial charge in [-0.05, 0) is 98.3 Å². The van der Waals surface area contributed by atoms with Crippen molar-refractivity contribution in [2.24, 2.45) is 0 Å². The summed E-state index contributed by atoms with van der Waals surface area (Å²) in [7, 11) is -0.566. The van der Waals surface area contributed by atoms with Crippen molar-refractivity contribution in [3.8, 4) is 11.1 Å². The summed E-state index contributed by atoms with van der Waals surface area (Å²) in [5.41, 5.74) is 4.61. The van der Waals surface area contributed by atoms with Gasteiger partial charge in [-0.25, -0.2) is 27.2 Å². The Balaban J connectivity index is 1.02. The normalized spacial score (nSPS) is 14.2. The molecule has 14 heteroatoms. The van der Waals surface area contributed by atoms with E-state index < -0.39 is 26.6 Å². The number of aromatic nitrogens is 2. The maximum atomic E-state index is 15.6. The number of sulfonamides is 1. The van der Waals surface area contributed by atoms with Crippen molar-refractivity contribution in [3.63, 3.8) is 0 Å². The standard InChI is InChI=1S/C43H44ClF2N7O2S2/c1-51(2)18-17-33(28-56-35-11-7-4-8-12-35)49-42-39(45)25-36(26-40(42)46)57(54,55)50-43-38-16-14-34(24-41(38)47-29-48-43)53-21-19-52(20-22-53)27-31-23-32(44)13-15-37(31)30-9-5-3-6-10-30/h3-16,23-26,29,33,49H,17-22,27-28H2,1-2H3,(H,47,48,50)/t33-/m1/s1.